The van der Waals surface area contributed by atoms with Gasteiger partial charge in [-0.3, -0.25) is 14.4 Å². The second-order valence-corrected chi connectivity index (χ2v) is 7.68. The van der Waals surface area contributed by atoms with Crippen molar-refractivity contribution in [3.63, 3.8) is 0 Å². The first kappa shape index (κ1) is 20.9. The van der Waals surface area contributed by atoms with Gasteiger partial charge in [-0.25, -0.2) is 0 Å². The molecule has 2 amide bonds. The lowest BCUT2D eigenvalue weighted by atomic mass is 9.92. The van der Waals surface area contributed by atoms with Crippen molar-refractivity contribution in [3.8, 4) is 0 Å². The second-order valence-electron chi connectivity index (χ2n) is 7.68. The number of benzene rings is 1. The molecule has 0 aliphatic carbocycles. The van der Waals surface area contributed by atoms with Crippen LogP contribution >= 0.6 is 0 Å². The Kier molecular flexibility index (Phi) is 7.82. The lowest BCUT2D eigenvalue weighted by molar-refractivity contribution is -0.139. The van der Waals surface area contributed by atoms with Gasteiger partial charge in [0.2, 0.25) is 11.8 Å². The third-order valence-electron chi connectivity index (χ3n) is 5.05. The first-order valence-electron chi connectivity index (χ1n) is 9.70. The van der Waals surface area contributed by atoms with E-state index in [1.54, 1.807) is 4.90 Å². The van der Waals surface area contributed by atoms with E-state index in [0.717, 1.165) is 18.4 Å². The second kappa shape index (κ2) is 10.1. The molecule has 148 valence electrons. The minimum atomic E-state index is -0.799. The molecule has 0 bridgehead atoms. The van der Waals surface area contributed by atoms with Crippen LogP contribution in [0.1, 0.15) is 45.1 Å². The van der Waals surface area contributed by atoms with Crippen LogP contribution in [0.25, 0.3) is 0 Å². The highest BCUT2D eigenvalue weighted by Gasteiger charge is 2.31. The summed E-state index contributed by atoms with van der Waals surface area (Å²) in [6, 6.07) is 8.91. The zero-order valence-electron chi connectivity index (χ0n) is 16.2. The molecule has 6 nitrogen and oxygen atoms in total. The smallest absolute Gasteiger partial charge is 0.303 e. The molecule has 1 aromatic rings. The Labute approximate surface area is 160 Å². The summed E-state index contributed by atoms with van der Waals surface area (Å²) in [5, 5.41) is 11.8. The molecule has 0 aromatic heterocycles. The minimum absolute atomic E-state index is 0.0170. The molecule has 1 saturated heterocycles. The fraction of sp³-hybridized carbons (Fsp3) is 0.571. The summed E-state index contributed by atoms with van der Waals surface area (Å²) in [5.74, 6) is -0.825. The number of amides is 2. The number of nitrogens with zero attached hydrogens (tertiary/aromatic N) is 1. The van der Waals surface area contributed by atoms with Crippen molar-refractivity contribution in [1.82, 2.24) is 10.2 Å². The van der Waals surface area contributed by atoms with Crippen LogP contribution in [-0.4, -0.2) is 46.9 Å². The standard InChI is InChI=1S/C21H30N2O4/c1-15(2)20(22-18(24)13-16-7-4-3-5-8-16)21(27)23-12-6-9-17(14-23)10-11-19(25)26/h3-5,7-8,15,17,20H,6,9-14H2,1-2H3,(H,22,24)(H,25,26). The molecular weight excluding hydrogens is 344 g/mol. The Balaban J connectivity index is 1.95. The lowest BCUT2D eigenvalue weighted by Gasteiger charge is -2.36. The zero-order chi connectivity index (χ0) is 19.8. The Bertz CT molecular complexity index is 645. The quantitative estimate of drug-likeness (QED) is 0.732. The van der Waals surface area contributed by atoms with Gasteiger partial charge in [0.05, 0.1) is 6.42 Å². The van der Waals surface area contributed by atoms with Gasteiger partial charge in [-0.15, -0.1) is 0 Å². The third kappa shape index (κ3) is 6.70. The van der Waals surface area contributed by atoms with Crippen LogP contribution < -0.4 is 5.32 Å². The van der Waals surface area contributed by atoms with Gasteiger partial charge in [0.15, 0.2) is 0 Å². The number of carboxylic acid groups (broad SMARTS) is 1. The number of carbonyl (C=O) groups is 3. The van der Waals surface area contributed by atoms with Crippen LogP contribution in [0.4, 0.5) is 0 Å². The molecule has 0 spiro atoms. The SMILES string of the molecule is CC(C)C(NC(=O)Cc1ccccc1)C(=O)N1CCCC(CCC(=O)O)C1. The van der Waals surface area contributed by atoms with Crippen molar-refractivity contribution in [2.75, 3.05) is 13.1 Å². The number of aliphatic carboxylic acids is 1. The number of rotatable bonds is 8. The van der Waals surface area contributed by atoms with E-state index < -0.39 is 12.0 Å². The van der Waals surface area contributed by atoms with Crippen LogP contribution in [0.5, 0.6) is 0 Å². The van der Waals surface area contributed by atoms with E-state index in [9.17, 15) is 14.4 Å². The number of carboxylic acids is 1. The zero-order valence-corrected chi connectivity index (χ0v) is 16.2. The Morgan fingerprint density at radius 3 is 2.56 bits per heavy atom. The van der Waals surface area contributed by atoms with Gasteiger partial charge in [0.25, 0.3) is 0 Å². The van der Waals surface area contributed by atoms with Gasteiger partial charge in [-0.2, -0.15) is 0 Å². The van der Waals surface area contributed by atoms with Gasteiger partial charge in [0.1, 0.15) is 6.04 Å². The molecule has 2 rings (SSSR count). The van der Waals surface area contributed by atoms with Crippen molar-refractivity contribution >= 4 is 17.8 Å². The summed E-state index contributed by atoms with van der Waals surface area (Å²) < 4.78 is 0. The molecule has 2 unspecified atom stereocenters. The molecule has 1 heterocycles. The maximum Gasteiger partial charge on any atom is 0.303 e. The largest absolute Gasteiger partial charge is 0.481 e. The van der Waals surface area contributed by atoms with E-state index in [2.05, 4.69) is 5.32 Å². The fourth-order valence-electron chi connectivity index (χ4n) is 3.54. The maximum absolute atomic E-state index is 13.0. The Hall–Kier alpha value is -2.37. The topological polar surface area (TPSA) is 86.7 Å². The van der Waals surface area contributed by atoms with Gasteiger partial charge < -0.3 is 15.3 Å². The van der Waals surface area contributed by atoms with Crippen molar-refractivity contribution in [1.29, 1.82) is 0 Å². The molecule has 2 atom stereocenters. The molecule has 0 saturated carbocycles. The molecule has 1 aromatic carbocycles. The number of nitrogens with one attached hydrogen (secondary N) is 1. The minimum Gasteiger partial charge on any atom is -0.481 e. The number of likely N-dealkylation sites (tertiary alicyclic amines) is 1. The van der Waals surface area contributed by atoms with Crippen LogP contribution in [0.15, 0.2) is 30.3 Å². The third-order valence-corrected chi connectivity index (χ3v) is 5.05. The average molecular weight is 374 g/mol. The van der Waals surface area contributed by atoms with Crippen LogP contribution in [0.3, 0.4) is 0 Å². The van der Waals surface area contributed by atoms with Crippen LogP contribution in [-0.2, 0) is 20.8 Å². The highest BCUT2D eigenvalue weighted by Crippen LogP contribution is 2.22. The summed E-state index contributed by atoms with van der Waals surface area (Å²) in [6.45, 7) is 5.10. The number of piperidine rings is 1. The fourth-order valence-corrected chi connectivity index (χ4v) is 3.54. The van der Waals surface area contributed by atoms with Crippen molar-refractivity contribution < 1.29 is 19.5 Å². The van der Waals surface area contributed by atoms with E-state index in [1.807, 2.05) is 44.2 Å². The number of carbonyl (C=O) groups excluding carboxylic acids is 2. The van der Waals surface area contributed by atoms with E-state index in [0.29, 0.717) is 19.5 Å². The molecule has 6 heteroatoms. The summed E-state index contributed by atoms with van der Waals surface area (Å²) >= 11 is 0. The van der Waals surface area contributed by atoms with E-state index in [4.69, 9.17) is 5.11 Å². The molecule has 27 heavy (non-hydrogen) atoms. The molecule has 0 radical (unpaired) electrons. The van der Waals surface area contributed by atoms with E-state index in [-0.39, 0.29) is 36.5 Å². The van der Waals surface area contributed by atoms with Gasteiger partial charge in [-0.05, 0) is 36.7 Å². The van der Waals surface area contributed by atoms with Gasteiger partial charge in [-0.1, -0.05) is 44.2 Å². The lowest BCUT2D eigenvalue weighted by Crippen LogP contribution is -2.53. The van der Waals surface area contributed by atoms with Crippen molar-refractivity contribution in [2.24, 2.45) is 11.8 Å². The molecule has 2 N–H and O–H groups in total. The van der Waals surface area contributed by atoms with E-state index >= 15 is 0 Å². The Morgan fingerprint density at radius 1 is 1.22 bits per heavy atom. The summed E-state index contributed by atoms with van der Waals surface area (Å²) in [7, 11) is 0. The first-order valence-corrected chi connectivity index (χ1v) is 9.70. The molecule has 1 aliphatic rings. The van der Waals surface area contributed by atoms with Crippen LogP contribution in [0.2, 0.25) is 0 Å². The highest BCUT2D eigenvalue weighted by atomic mass is 16.4. The van der Waals surface area contributed by atoms with Crippen LogP contribution in [0, 0.1) is 11.8 Å². The first-order chi connectivity index (χ1) is 12.9. The monoisotopic (exact) mass is 374 g/mol. The molecule has 1 fully saturated rings. The summed E-state index contributed by atoms with van der Waals surface area (Å²) in [6.07, 6.45) is 2.79. The van der Waals surface area contributed by atoms with E-state index in [1.165, 1.54) is 0 Å². The predicted molar refractivity (Wildman–Crippen MR) is 103 cm³/mol. The number of hydrogen-bond acceptors (Lipinski definition) is 3. The van der Waals surface area contributed by atoms with Crippen molar-refractivity contribution in [2.45, 2.75) is 52.0 Å². The van der Waals surface area contributed by atoms with Crippen molar-refractivity contribution in [3.05, 3.63) is 35.9 Å². The van der Waals surface area contributed by atoms with Gasteiger partial charge in [0, 0.05) is 19.5 Å². The maximum atomic E-state index is 13.0. The predicted octanol–water partition coefficient (Wildman–Crippen LogP) is 2.47. The van der Waals surface area contributed by atoms with Gasteiger partial charge >= 0.3 is 5.97 Å². The summed E-state index contributed by atoms with van der Waals surface area (Å²) in [5.41, 5.74) is 0.914. The molecular formula is C21H30N2O4. The summed E-state index contributed by atoms with van der Waals surface area (Å²) in [4.78, 5) is 38.0. The average Bonchev–Trinajstić information content (AvgIpc) is 2.64. The normalized spacial score (nSPS) is 18.2. The molecule has 1 aliphatic heterocycles. The Morgan fingerprint density at radius 2 is 1.93 bits per heavy atom. The highest BCUT2D eigenvalue weighted by molar-refractivity contribution is 5.88. The number of hydrogen-bond donors (Lipinski definition) is 2.